The van der Waals surface area contributed by atoms with E-state index >= 15 is 0 Å². The molecule has 20 heavy (non-hydrogen) atoms. The van der Waals surface area contributed by atoms with Gasteiger partial charge in [-0.3, -0.25) is 0 Å². The SMILES string of the molecule is Cc1cc(-n2cnc3c2CCCC3)c([C@H](C)O)cc1F. The number of hydrogen-bond donors (Lipinski definition) is 1. The molecule has 0 aliphatic heterocycles. The van der Waals surface area contributed by atoms with E-state index in [0.717, 1.165) is 30.6 Å². The summed E-state index contributed by atoms with van der Waals surface area (Å²) < 4.78 is 15.8. The van der Waals surface area contributed by atoms with Crippen molar-refractivity contribution in [1.82, 2.24) is 9.55 Å². The van der Waals surface area contributed by atoms with E-state index in [9.17, 15) is 9.50 Å². The average Bonchev–Trinajstić information content (AvgIpc) is 2.85. The third-order valence-corrected chi connectivity index (χ3v) is 4.05. The standard InChI is InChI=1S/C16H19FN2O/c1-10-7-16(12(11(2)20)8-13(10)17)19-9-18-14-5-3-4-6-15(14)19/h7-9,11,20H,3-6H2,1-2H3/t11-/m0/s1. The maximum Gasteiger partial charge on any atom is 0.126 e. The van der Waals surface area contributed by atoms with Gasteiger partial charge >= 0.3 is 0 Å². The van der Waals surface area contributed by atoms with Crippen LogP contribution in [0.1, 0.15) is 48.4 Å². The Labute approximate surface area is 118 Å². The van der Waals surface area contributed by atoms with Gasteiger partial charge in [-0.05, 0) is 57.2 Å². The molecule has 1 heterocycles. The minimum atomic E-state index is -0.707. The van der Waals surface area contributed by atoms with Gasteiger partial charge < -0.3 is 9.67 Å². The molecule has 2 aromatic rings. The summed E-state index contributed by atoms with van der Waals surface area (Å²) in [6.45, 7) is 3.41. The van der Waals surface area contributed by atoms with Gasteiger partial charge in [0.05, 0.1) is 23.8 Å². The summed E-state index contributed by atoms with van der Waals surface area (Å²) in [5, 5.41) is 9.92. The van der Waals surface area contributed by atoms with Crippen LogP contribution in [0.4, 0.5) is 4.39 Å². The first-order chi connectivity index (χ1) is 9.58. The highest BCUT2D eigenvalue weighted by Gasteiger charge is 2.20. The molecule has 106 valence electrons. The van der Waals surface area contributed by atoms with Crippen LogP contribution < -0.4 is 0 Å². The summed E-state index contributed by atoms with van der Waals surface area (Å²) in [4.78, 5) is 4.47. The van der Waals surface area contributed by atoms with Gasteiger partial charge in [-0.15, -0.1) is 0 Å². The second kappa shape index (κ2) is 5.02. The van der Waals surface area contributed by atoms with Gasteiger partial charge in [0.25, 0.3) is 0 Å². The number of aliphatic hydroxyl groups is 1. The maximum atomic E-state index is 13.8. The molecule has 0 fully saturated rings. The minimum Gasteiger partial charge on any atom is -0.389 e. The number of aliphatic hydroxyl groups excluding tert-OH is 1. The molecule has 0 saturated carbocycles. The van der Waals surface area contributed by atoms with Crippen LogP contribution in [0.2, 0.25) is 0 Å². The number of aryl methyl sites for hydroxylation is 2. The zero-order valence-electron chi connectivity index (χ0n) is 11.9. The van der Waals surface area contributed by atoms with Crippen molar-refractivity contribution in [3.63, 3.8) is 0 Å². The summed E-state index contributed by atoms with van der Waals surface area (Å²) in [5.41, 5.74) is 4.37. The number of imidazole rings is 1. The molecule has 1 atom stereocenters. The lowest BCUT2D eigenvalue weighted by Crippen LogP contribution is -2.10. The molecule has 3 rings (SSSR count). The van der Waals surface area contributed by atoms with Gasteiger partial charge in [-0.1, -0.05) is 0 Å². The van der Waals surface area contributed by atoms with E-state index < -0.39 is 6.10 Å². The van der Waals surface area contributed by atoms with E-state index in [1.165, 1.54) is 18.2 Å². The van der Waals surface area contributed by atoms with Crippen molar-refractivity contribution in [2.24, 2.45) is 0 Å². The summed E-state index contributed by atoms with van der Waals surface area (Å²) in [6.07, 6.45) is 5.42. The molecular weight excluding hydrogens is 255 g/mol. The number of nitrogens with zero attached hydrogens (tertiary/aromatic N) is 2. The van der Waals surface area contributed by atoms with Crippen molar-refractivity contribution < 1.29 is 9.50 Å². The first kappa shape index (κ1) is 13.3. The van der Waals surface area contributed by atoms with Gasteiger partial charge in [0.1, 0.15) is 5.82 Å². The molecule has 0 amide bonds. The molecule has 0 spiro atoms. The fourth-order valence-corrected chi connectivity index (χ4v) is 2.90. The zero-order valence-corrected chi connectivity index (χ0v) is 11.9. The highest BCUT2D eigenvalue weighted by molar-refractivity contribution is 5.47. The molecule has 4 heteroatoms. The van der Waals surface area contributed by atoms with Crippen LogP contribution in [0.3, 0.4) is 0 Å². The Balaban J connectivity index is 2.19. The Bertz CT molecular complexity index is 646. The second-order valence-electron chi connectivity index (χ2n) is 5.55. The Kier molecular flexibility index (Phi) is 3.34. The van der Waals surface area contributed by atoms with Crippen molar-refractivity contribution in [3.05, 3.63) is 46.8 Å². The van der Waals surface area contributed by atoms with Crippen LogP contribution in [0.15, 0.2) is 18.5 Å². The second-order valence-corrected chi connectivity index (χ2v) is 5.55. The van der Waals surface area contributed by atoms with E-state index in [4.69, 9.17) is 0 Å². The highest BCUT2D eigenvalue weighted by Crippen LogP contribution is 2.29. The first-order valence-corrected chi connectivity index (χ1v) is 7.11. The van der Waals surface area contributed by atoms with Crippen LogP contribution >= 0.6 is 0 Å². The van der Waals surface area contributed by atoms with E-state index in [-0.39, 0.29) is 5.82 Å². The molecule has 0 bridgehead atoms. The number of aromatic nitrogens is 2. The number of fused-ring (bicyclic) bond motifs is 1. The van der Waals surface area contributed by atoms with Gasteiger partial charge in [-0.2, -0.15) is 0 Å². The smallest absolute Gasteiger partial charge is 0.126 e. The molecule has 0 unspecified atom stereocenters. The predicted molar refractivity (Wildman–Crippen MR) is 75.5 cm³/mol. The molecule has 0 radical (unpaired) electrons. The number of halogens is 1. The lowest BCUT2D eigenvalue weighted by molar-refractivity contribution is 0.198. The third-order valence-electron chi connectivity index (χ3n) is 4.05. The lowest BCUT2D eigenvalue weighted by Gasteiger charge is -2.19. The Morgan fingerprint density at radius 1 is 1.30 bits per heavy atom. The van der Waals surface area contributed by atoms with Crippen molar-refractivity contribution in [2.45, 2.75) is 45.6 Å². The fraction of sp³-hybridized carbons (Fsp3) is 0.438. The van der Waals surface area contributed by atoms with Gasteiger partial charge in [0.15, 0.2) is 0 Å². The van der Waals surface area contributed by atoms with Crippen molar-refractivity contribution >= 4 is 0 Å². The Hall–Kier alpha value is -1.68. The molecule has 1 aliphatic rings. The maximum absolute atomic E-state index is 13.8. The molecule has 1 aromatic heterocycles. The fourth-order valence-electron chi connectivity index (χ4n) is 2.90. The summed E-state index contributed by atoms with van der Waals surface area (Å²) >= 11 is 0. The topological polar surface area (TPSA) is 38.0 Å². The zero-order chi connectivity index (χ0) is 14.3. The van der Waals surface area contributed by atoms with Crippen LogP contribution in [-0.2, 0) is 12.8 Å². The normalized spacial score (nSPS) is 16.0. The molecule has 3 nitrogen and oxygen atoms in total. The Morgan fingerprint density at radius 3 is 2.80 bits per heavy atom. The van der Waals surface area contributed by atoms with E-state index in [1.54, 1.807) is 26.2 Å². The summed E-state index contributed by atoms with van der Waals surface area (Å²) in [6, 6.07) is 3.23. The highest BCUT2D eigenvalue weighted by atomic mass is 19.1. The van der Waals surface area contributed by atoms with Crippen molar-refractivity contribution in [3.8, 4) is 5.69 Å². The van der Waals surface area contributed by atoms with Gasteiger partial charge in [0, 0.05) is 11.3 Å². The number of benzene rings is 1. The van der Waals surface area contributed by atoms with E-state index in [0.29, 0.717) is 11.1 Å². The predicted octanol–water partition coefficient (Wildman–Crippen LogP) is 3.25. The molecular formula is C16H19FN2O. The molecule has 0 saturated heterocycles. The molecule has 1 aromatic carbocycles. The quantitative estimate of drug-likeness (QED) is 0.913. The minimum absolute atomic E-state index is 0.279. The largest absolute Gasteiger partial charge is 0.389 e. The van der Waals surface area contributed by atoms with E-state index in [2.05, 4.69) is 4.98 Å². The van der Waals surface area contributed by atoms with Crippen LogP contribution in [0.25, 0.3) is 5.69 Å². The third kappa shape index (κ3) is 2.14. The van der Waals surface area contributed by atoms with Crippen LogP contribution in [0.5, 0.6) is 0 Å². The monoisotopic (exact) mass is 274 g/mol. The van der Waals surface area contributed by atoms with Gasteiger partial charge in [-0.25, -0.2) is 9.37 Å². The van der Waals surface area contributed by atoms with E-state index in [1.807, 2.05) is 4.57 Å². The van der Waals surface area contributed by atoms with Crippen LogP contribution in [-0.4, -0.2) is 14.7 Å². The van der Waals surface area contributed by atoms with Gasteiger partial charge in [0.2, 0.25) is 0 Å². The Morgan fingerprint density at radius 2 is 2.05 bits per heavy atom. The van der Waals surface area contributed by atoms with Crippen molar-refractivity contribution in [2.75, 3.05) is 0 Å². The number of rotatable bonds is 2. The van der Waals surface area contributed by atoms with Crippen LogP contribution in [0, 0.1) is 12.7 Å². The molecule has 1 N–H and O–H groups in total. The average molecular weight is 274 g/mol. The van der Waals surface area contributed by atoms with Crippen molar-refractivity contribution in [1.29, 1.82) is 0 Å². The molecule has 1 aliphatic carbocycles. The number of hydrogen-bond acceptors (Lipinski definition) is 2. The lowest BCUT2D eigenvalue weighted by atomic mass is 10.00. The first-order valence-electron chi connectivity index (χ1n) is 7.11. The summed E-state index contributed by atoms with van der Waals surface area (Å²) in [5.74, 6) is -0.279. The summed E-state index contributed by atoms with van der Waals surface area (Å²) in [7, 11) is 0.